The standard InChI is InChI=1S/C49H33ClO/c50-42-25-21-35(22-26-42)43-19-7-8-20-46(43)49(51)47-31-40(38-17-9-15-36(29-38)33-11-3-1-4-12-33)23-27-44(47)45-28-24-41(32-48(45)49)39-18-10-16-37(30-39)34-13-5-2-6-14-34/h1-32,51H. The van der Waals surface area contributed by atoms with Crippen LogP contribution in [0.1, 0.15) is 16.7 Å². The molecule has 8 aromatic rings. The van der Waals surface area contributed by atoms with Crippen LogP contribution >= 0.6 is 11.6 Å². The largest absolute Gasteiger partial charge is 0.376 e. The molecule has 242 valence electrons. The minimum atomic E-state index is -1.43. The molecular weight excluding hydrogens is 640 g/mol. The highest BCUT2D eigenvalue weighted by Gasteiger charge is 2.45. The Kier molecular flexibility index (Phi) is 7.74. The molecule has 0 saturated carbocycles. The van der Waals surface area contributed by atoms with Crippen LogP contribution in [0.15, 0.2) is 194 Å². The van der Waals surface area contributed by atoms with Crippen LogP contribution in [0.4, 0.5) is 0 Å². The van der Waals surface area contributed by atoms with E-state index in [1.54, 1.807) is 0 Å². The molecule has 51 heavy (non-hydrogen) atoms. The molecule has 1 nitrogen and oxygen atoms in total. The van der Waals surface area contributed by atoms with Gasteiger partial charge in [0.2, 0.25) is 0 Å². The quantitative estimate of drug-likeness (QED) is 0.186. The molecular formula is C49H33ClO. The van der Waals surface area contributed by atoms with Crippen molar-refractivity contribution in [2.75, 3.05) is 0 Å². The fourth-order valence-electron chi connectivity index (χ4n) is 7.65. The lowest BCUT2D eigenvalue weighted by molar-refractivity contribution is 0.131. The molecule has 0 heterocycles. The number of rotatable bonds is 6. The van der Waals surface area contributed by atoms with E-state index < -0.39 is 5.60 Å². The van der Waals surface area contributed by atoms with Gasteiger partial charge in [-0.2, -0.15) is 0 Å². The van der Waals surface area contributed by atoms with Gasteiger partial charge >= 0.3 is 0 Å². The lowest BCUT2D eigenvalue weighted by atomic mass is 9.79. The second kappa shape index (κ2) is 12.7. The zero-order valence-electron chi connectivity index (χ0n) is 27.8. The summed E-state index contributed by atoms with van der Waals surface area (Å²) in [4.78, 5) is 0. The van der Waals surface area contributed by atoms with Crippen LogP contribution in [-0.2, 0) is 5.60 Å². The molecule has 0 amide bonds. The highest BCUT2D eigenvalue weighted by Crippen LogP contribution is 2.54. The molecule has 0 aliphatic heterocycles. The summed E-state index contributed by atoms with van der Waals surface area (Å²) in [5.41, 5.74) is 14.1. The van der Waals surface area contributed by atoms with Gasteiger partial charge in [-0.05, 0) is 103 Å². The maximum atomic E-state index is 13.5. The van der Waals surface area contributed by atoms with E-state index in [0.717, 1.165) is 72.3 Å². The van der Waals surface area contributed by atoms with Gasteiger partial charge in [-0.1, -0.05) is 169 Å². The summed E-state index contributed by atoms with van der Waals surface area (Å²) in [5.74, 6) is 0. The van der Waals surface area contributed by atoms with Crippen molar-refractivity contribution < 1.29 is 5.11 Å². The van der Waals surface area contributed by atoms with E-state index in [1.165, 1.54) is 11.1 Å². The average molecular weight is 673 g/mol. The Balaban J connectivity index is 1.24. The molecule has 1 aliphatic rings. The normalized spacial score (nSPS) is 12.7. The van der Waals surface area contributed by atoms with Gasteiger partial charge in [0.1, 0.15) is 5.60 Å². The van der Waals surface area contributed by atoms with Crippen LogP contribution in [0, 0.1) is 0 Å². The third kappa shape index (κ3) is 5.48. The fourth-order valence-corrected chi connectivity index (χ4v) is 7.77. The lowest BCUT2D eigenvalue weighted by Gasteiger charge is -2.30. The Morgan fingerprint density at radius 3 is 1.20 bits per heavy atom. The average Bonchev–Trinajstić information content (AvgIpc) is 3.46. The predicted octanol–water partition coefficient (Wildman–Crippen LogP) is 12.9. The van der Waals surface area contributed by atoms with Gasteiger partial charge in [0.05, 0.1) is 0 Å². The number of benzene rings is 8. The van der Waals surface area contributed by atoms with Crippen molar-refractivity contribution in [1.82, 2.24) is 0 Å². The molecule has 0 unspecified atom stereocenters. The summed E-state index contributed by atoms with van der Waals surface area (Å²) in [6.07, 6.45) is 0. The zero-order chi connectivity index (χ0) is 34.4. The number of fused-ring (bicyclic) bond motifs is 3. The van der Waals surface area contributed by atoms with Crippen LogP contribution in [0.5, 0.6) is 0 Å². The molecule has 0 atom stereocenters. The first-order chi connectivity index (χ1) is 25.1. The zero-order valence-corrected chi connectivity index (χ0v) is 28.6. The number of hydrogen-bond donors (Lipinski definition) is 1. The van der Waals surface area contributed by atoms with E-state index in [2.05, 4.69) is 146 Å². The minimum absolute atomic E-state index is 0.677. The molecule has 0 fully saturated rings. The first-order valence-corrected chi connectivity index (χ1v) is 17.6. The molecule has 0 aromatic heterocycles. The van der Waals surface area contributed by atoms with Gasteiger partial charge in [0.15, 0.2) is 0 Å². The number of aliphatic hydroxyl groups is 1. The molecule has 0 bridgehead atoms. The summed E-state index contributed by atoms with van der Waals surface area (Å²) in [7, 11) is 0. The van der Waals surface area contributed by atoms with Crippen LogP contribution in [0.3, 0.4) is 0 Å². The van der Waals surface area contributed by atoms with Crippen LogP contribution in [-0.4, -0.2) is 5.11 Å². The molecule has 8 aromatic carbocycles. The number of halogens is 1. The smallest absolute Gasteiger partial charge is 0.142 e. The molecule has 9 rings (SSSR count). The van der Waals surface area contributed by atoms with Gasteiger partial charge < -0.3 is 5.11 Å². The van der Waals surface area contributed by atoms with E-state index in [1.807, 2.05) is 48.5 Å². The summed E-state index contributed by atoms with van der Waals surface area (Å²) in [6, 6.07) is 67.3. The van der Waals surface area contributed by atoms with Crippen LogP contribution in [0.2, 0.25) is 5.02 Å². The van der Waals surface area contributed by atoms with Crippen molar-refractivity contribution in [2.24, 2.45) is 0 Å². The van der Waals surface area contributed by atoms with Crippen LogP contribution < -0.4 is 0 Å². The topological polar surface area (TPSA) is 20.2 Å². The van der Waals surface area contributed by atoms with Crippen molar-refractivity contribution >= 4 is 11.6 Å². The highest BCUT2D eigenvalue weighted by molar-refractivity contribution is 6.30. The van der Waals surface area contributed by atoms with Crippen molar-refractivity contribution in [1.29, 1.82) is 0 Å². The Bertz CT molecular complexity index is 2400. The summed E-state index contributed by atoms with van der Waals surface area (Å²) in [6.45, 7) is 0. The van der Waals surface area contributed by atoms with Gasteiger partial charge in [-0.25, -0.2) is 0 Å². The Morgan fingerprint density at radius 1 is 0.294 bits per heavy atom. The van der Waals surface area contributed by atoms with E-state index in [0.29, 0.717) is 5.02 Å². The third-order valence-electron chi connectivity index (χ3n) is 10.2. The maximum absolute atomic E-state index is 13.5. The second-order valence-electron chi connectivity index (χ2n) is 13.2. The minimum Gasteiger partial charge on any atom is -0.376 e. The van der Waals surface area contributed by atoms with E-state index in [-0.39, 0.29) is 0 Å². The van der Waals surface area contributed by atoms with E-state index in [9.17, 15) is 5.11 Å². The van der Waals surface area contributed by atoms with Crippen LogP contribution in [0.25, 0.3) is 66.8 Å². The molecule has 1 N–H and O–H groups in total. The van der Waals surface area contributed by atoms with Crippen molar-refractivity contribution in [3.8, 4) is 66.8 Å². The van der Waals surface area contributed by atoms with Gasteiger partial charge in [0, 0.05) is 21.7 Å². The monoisotopic (exact) mass is 672 g/mol. The first kappa shape index (κ1) is 31.0. The van der Waals surface area contributed by atoms with Gasteiger partial charge in [0.25, 0.3) is 0 Å². The van der Waals surface area contributed by atoms with Gasteiger partial charge in [-0.15, -0.1) is 0 Å². The Labute approximate surface area is 303 Å². The predicted molar refractivity (Wildman–Crippen MR) is 213 cm³/mol. The SMILES string of the molecule is OC1(c2ccccc2-c2ccc(Cl)cc2)c2cc(-c3cccc(-c4ccccc4)c3)ccc2-c2ccc(-c3cccc(-c4ccccc4)c3)cc21. The maximum Gasteiger partial charge on any atom is 0.142 e. The number of hydrogen-bond acceptors (Lipinski definition) is 1. The van der Waals surface area contributed by atoms with E-state index in [4.69, 9.17) is 11.6 Å². The molecule has 0 saturated heterocycles. The van der Waals surface area contributed by atoms with Gasteiger partial charge in [-0.3, -0.25) is 0 Å². The third-order valence-corrected chi connectivity index (χ3v) is 10.4. The highest BCUT2D eigenvalue weighted by atomic mass is 35.5. The summed E-state index contributed by atoms with van der Waals surface area (Å²) >= 11 is 6.33. The van der Waals surface area contributed by atoms with E-state index >= 15 is 0 Å². The first-order valence-electron chi connectivity index (χ1n) is 17.3. The second-order valence-corrected chi connectivity index (χ2v) is 13.6. The van der Waals surface area contributed by atoms with Crippen molar-refractivity contribution in [2.45, 2.75) is 5.60 Å². The van der Waals surface area contributed by atoms with Crippen molar-refractivity contribution in [3.05, 3.63) is 216 Å². The summed E-state index contributed by atoms with van der Waals surface area (Å²) in [5, 5.41) is 14.2. The molecule has 2 heteroatoms. The molecule has 1 aliphatic carbocycles. The molecule has 0 spiro atoms. The molecule has 0 radical (unpaired) electrons. The fraction of sp³-hybridized carbons (Fsp3) is 0.0204. The lowest BCUT2D eigenvalue weighted by Crippen LogP contribution is -2.27. The summed E-state index contributed by atoms with van der Waals surface area (Å²) < 4.78 is 0. The van der Waals surface area contributed by atoms with Crippen molar-refractivity contribution in [3.63, 3.8) is 0 Å². The Morgan fingerprint density at radius 2 is 0.686 bits per heavy atom. The Hall–Kier alpha value is -5.99.